The van der Waals surface area contributed by atoms with Crippen molar-refractivity contribution in [3.05, 3.63) is 12.4 Å². The van der Waals surface area contributed by atoms with E-state index in [-0.39, 0.29) is 0 Å². The fourth-order valence-corrected chi connectivity index (χ4v) is 2.65. The van der Waals surface area contributed by atoms with Gasteiger partial charge in [-0.1, -0.05) is 6.92 Å². The van der Waals surface area contributed by atoms with Gasteiger partial charge in [0, 0.05) is 18.7 Å². The predicted octanol–water partition coefficient (Wildman–Crippen LogP) is 2.90. The topological polar surface area (TPSA) is 49.8 Å². The van der Waals surface area contributed by atoms with Crippen LogP contribution in [0.3, 0.4) is 0 Å². The maximum absolute atomic E-state index is 4.31. The van der Waals surface area contributed by atoms with E-state index in [9.17, 15) is 0 Å². The van der Waals surface area contributed by atoms with E-state index in [1.54, 1.807) is 6.33 Å². The summed E-state index contributed by atoms with van der Waals surface area (Å²) >= 11 is 0. The smallest absolute Gasteiger partial charge is 0.131 e. The monoisotopic (exact) mass is 246 g/mol. The molecule has 2 unspecified atom stereocenters. The van der Waals surface area contributed by atoms with Crippen LogP contribution in [0.1, 0.15) is 39.0 Å². The van der Waals surface area contributed by atoms with Crippen molar-refractivity contribution in [2.75, 3.05) is 17.2 Å². The van der Waals surface area contributed by atoms with E-state index < -0.39 is 0 Å². The summed E-state index contributed by atoms with van der Waals surface area (Å²) in [5.41, 5.74) is 0. The van der Waals surface area contributed by atoms with E-state index in [0.717, 1.165) is 30.0 Å². The van der Waals surface area contributed by atoms with E-state index in [1.807, 2.05) is 6.07 Å². The number of rotatable bonds is 5. The molecule has 2 N–H and O–H groups in total. The van der Waals surface area contributed by atoms with E-state index in [0.29, 0.717) is 6.04 Å². The average Bonchev–Trinajstić information content (AvgIpc) is 3.11. The molecule has 98 valence electrons. The molecule has 1 aromatic rings. The lowest BCUT2D eigenvalue weighted by Gasteiger charge is -2.13. The molecule has 2 atom stereocenters. The molecule has 0 saturated heterocycles. The van der Waals surface area contributed by atoms with Crippen LogP contribution < -0.4 is 10.6 Å². The summed E-state index contributed by atoms with van der Waals surface area (Å²) in [5.74, 6) is 3.62. The minimum Gasteiger partial charge on any atom is -0.370 e. The van der Waals surface area contributed by atoms with Crippen molar-refractivity contribution in [2.24, 2.45) is 11.8 Å². The van der Waals surface area contributed by atoms with Crippen LogP contribution in [-0.2, 0) is 0 Å². The van der Waals surface area contributed by atoms with E-state index in [4.69, 9.17) is 0 Å². The lowest BCUT2D eigenvalue weighted by atomic mass is 10.1. The van der Waals surface area contributed by atoms with Crippen molar-refractivity contribution in [1.29, 1.82) is 0 Å². The number of anilines is 2. The molecule has 4 nitrogen and oxygen atoms in total. The molecular weight excluding hydrogens is 224 g/mol. The first kappa shape index (κ1) is 11.8. The second-order valence-electron chi connectivity index (χ2n) is 5.87. The molecule has 0 spiro atoms. The third-order valence-corrected chi connectivity index (χ3v) is 3.98. The second kappa shape index (κ2) is 5.12. The van der Waals surface area contributed by atoms with Crippen LogP contribution in [0.25, 0.3) is 0 Å². The van der Waals surface area contributed by atoms with Gasteiger partial charge in [-0.15, -0.1) is 0 Å². The average molecular weight is 246 g/mol. The van der Waals surface area contributed by atoms with Crippen LogP contribution in [0.5, 0.6) is 0 Å². The summed E-state index contributed by atoms with van der Waals surface area (Å²) in [7, 11) is 0. The number of hydrogen-bond donors (Lipinski definition) is 2. The van der Waals surface area contributed by atoms with Gasteiger partial charge < -0.3 is 10.6 Å². The first-order chi connectivity index (χ1) is 8.79. The van der Waals surface area contributed by atoms with Gasteiger partial charge in [-0.3, -0.25) is 0 Å². The Bertz CT molecular complexity index is 403. The van der Waals surface area contributed by atoms with Crippen molar-refractivity contribution in [3.63, 3.8) is 0 Å². The summed E-state index contributed by atoms with van der Waals surface area (Å²) < 4.78 is 0. The summed E-state index contributed by atoms with van der Waals surface area (Å²) in [4.78, 5) is 8.57. The Labute approximate surface area is 109 Å². The van der Waals surface area contributed by atoms with Gasteiger partial charge in [-0.25, -0.2) is 9.97 Å². The fourth-order valence-electron chi connectivity index (χ4n) is 2.65. The van der Waals surface area contributed by atoms with Crippen LogP contribution in [0.4, 0.5) is 11.6 Å². The first-order valence-corrected chi connectivity index (χ1v) is 7.12. The third kappa shape index (κ3) is 3.12. The van der Waals surface area contributed by atoms with Gasteiger partial charge >= 0.3 is 0 Å². The predicted molar refractivity (Wildman–Crippen MR) is 73.7 cm³/mol. The molecule has 4 heteroatoms. The normalized spacial score (nSPS) is 27.2. The quantitative estimate of drug-likeness (QED) is 0.838. The third-order valence-electron chi connectivity index (χ3n) is 3.98. The molecule has 1 aromatic heterocycles. The van der Waals surface area contributed by atoms with Gasteiger partial charge in [0.15, 0.2) is 0 Å². The summed E-state index contributed by atoms with van der Waals surface area (Å²) in [6, 6.07) is 2.62. The SMILES string of the molecule is CC1CCC(Nc2cc(NCC3CC3)ncn2)C1. The highest BCUT2D eigenvalue weighted by atomic mass is 15.1. The molecular formula is C14H22N4. The van der Waals surface area contributed by atoms with Crippen LogP contribution in [-0.4, -0.2) is 22.6 Å². The van der Waals surface area contributed by atoms with Crippen molar-refractivity contribution in [3.8, 4) is 0 Å². The molecule has 0 amide bonds. The molecule has 2 saturated carbocycles. The van der Waals surface area contributed by atoms with Gasteiger partial charge in [0.05, 0.1) is 0 Å². The Kier molecular flexibility index (Phi) is 3.35. The van der Waals surface area contributed by atoms with Gasteiger partial charge in [0.1, 0.15) is 18.0 Å². The highest BCUT2D eigenvalue weighted by Gasteiger charge is 2.22. The largest absolute Gasteiger partial charge is 0.370 e. The van der Waals surface area contributed by atoms with Crippen molar-refractivity contribution in [1.82, 2.24) is 9.97 Å². The zero-order valence-corrected chi connectivity index (χ0v) is 11.0. The summed E-state index contributed by atoms with van der Waals surface area (Å²) in [6.45, 7) is 3.38. The Morgan fingerprint density at radius 1 is 1.17 bits per heavy atom. The number of nitrogens with zero attached hydrogens (tertiary/aromatic N) is 2. The second-order valence-corrected chi connectivity index (χ2v) is 5.87. The molecule has 1 heterocycles. The highest BCUT2D eigenvalue weighted by molar-refractivity contribution is 5.47. The summed E-state index contributed by atoms with van der Waals surface area (Å²) in [5, 5.41) is 6.91. The van der Waals surface area contributed by atoms with Crippen molar-refractivity contribution < 1.29 is 0 Å². The summed E-state index contributed by atoms with van der Waals surface area (Å²) in [6.07, 6.45) is 8.22. The molecule has 0 bridgehead atoms. The zero-order valence-electron chi connectivity index (χ0n) is 11.0. The van der Waals surface area contributed by atoms with Crippen molar-refractivity contribution in [2.45, 2.75) is 45.1 Å². The lowest BCUT2D eigenvalue weighted by molar-refractivity contribution is 0.602. The highest BCUT2D eigenvalue weighted by Crippen LogP contribution is 2.29. The minimum absolute atomic E-state index is 0.589. The van der Waals surface area contributed by atoms with E-state index >= 15 is 0 Å². The molecule has 2 aliphatic carbocycles. The van der Waals surface area contributed by atoms with Crippen LogP contribution in [0, 0.1) is 11.8 Å². The number of hydrogen-bond acceptors (Lipinski definition) is 4. The van der Waals surface area contributed by atoms with E-state index in [1.165, 1.54) is 32.1 Å². The maximum atomic E-state index is 4.31. The Morgan fingerprint density at radius 3 is 2.72 bits per heavy atom. The Morgan fingerprint density at radius 2 is 2.00 bits per heavy atom. The number of nitrogens with one attached hydrogen (secondary N) is 2. The van der Waals surface area contributed by atoms with Crippen LogP contribution in [0.2, 0.25) is 0 Å². The first-order valence-electron chi connectivity index (χ1n) is 7.12. The van der Waals surface area contributed by atoms with Gasteiger partial charge in [0.2, 0.25) is 0 Å². The van der Waals surface area contributed by atoms with E-state index in [2.05, 4.69) is 27.5 Å². The molecule has 2 fully saturated rings. The molecule has 18 heavy (non-hydrogen) atoms. The minimum atomic E-state index is 0.589. The molecule has 3 rings (SSSR count). The molecule has 0 aromatic carbocycles. The molecule has 0 radical (unpaired) electrons. The van der Waals surface area contributed by atoms with Crippen molar-refractivity contribution >= 4 is 11.6 Å². The van der Waals surface area contributed by atoms with Gasteiger partial charge in [0.25, 0.3) is 0 Å². The zero-order chi connectivity index (χ0) is 12.4. The maximum Gasteiger partial charge on any atom is 0.131 e. The number of aromatic nitrogens is 2. The van der Waals surface area contributed by atoms with Crippen LogP contribution in [0.15, 0.2) is 12.4 Å². The molecule has 0 aliphatic heterocycles. The van der Waals surface area contributed by atoms with Crippen LogP contribution >= 0.6 is 0 Å². The Balaban J connectivity index is 1.55. The standard InChI is InChI=1S/C14H22N4/c1-10-2-5-12(6-10)18-14-7-13(16-9-17-14)15-8-11-3-4-11/h7,9-12H,2-6,8H2,1H3,(H2,15,16,17,18). The molecule has 2 aliphatic rings. The van der Waals surface area contributed by atoms with Gasteiger partial charge in [-0.2, -0.15) is 0 Å². The van der Waals surface area contributed by atoms with Gasteiger partial charge in [-0.05, 0) is 43.9 Å². The fraction of sp³-hybridized carbons (Fsp3) is 0.714. The lowest BCUT2D eigenvalue weighted by Crippen LogP contribution is -2.16. The Hall–Kier alpha value is -1.32.